The zero-order valence-electron chi connectivity index (χ0n) is 8.34. The lowest BCUT2D eigenvalue weighted by Gasteiger charge is -2.08. The summed E-state index contributed by atoms with van der Waals surface area (Å²) in [5.74, 6) is 0.0349. The second-order valence-corrected chi connectivity index (χ2v) is 3.56. The molecule has 15 heavy (non-hydrogen) atoms. The fourth-order valence-electron chi connectivity index (χ4n) is 1.52. The maximum absolute atomic E-state index is 13.6. The van der Waals surface area contributed by atoms with Crippen molar-refractivity contribution in [1.29, 1.82) is 0 Å². The summed E-state index contributed by atoms with van der Waals surface area (Å²) in [6, 6.07) is 4.70. The molecule has 0 N–H and O–H groups in total. The van der Waals surface area contributed by atoms with Gasteiger partial charge in [0.25, 0.3) is 0 Å². The van der Waals surface area contributed by atoms with Crippen LogP contribution >= 0.6 is 11.6 Å². The van der Waals surface area contributed by atoms with Crippen molar-refractivity contribution < 1.29 is 9.13 Å². The fraction of sp³-hybridized carbons (Fsp3) is 0.182. The number of fused-ring (bicyclic) bond motifs is 1. The molecule has 0 aliphatic carbocycles. The van der Waals surface area contributed by atoms with Gasteiger partial charge in [-0.3, -0.25) is 0 Å². The van der Waals surface area contributed by atoms with E-state index >= 15 is 0 Å². The highest BCUT2D eigenvalue weighted by Crippen LogP contribution is 2.33. The minimum atomic E-state index is -0.360. The van der Waals surface area contributed by atoms with E-state index in [1.165, 1.54) is 13.2 Å². The molecule has 0 atom stereocenters. The minimum Gasteiger partial charge on any atom is -0.481 e. The number of aromatic nitrogens is 1. The van der Waals surface area contributed by atoms with Crippen molar-refractivity contribution in [2.75, 3.05) is 7.11 Å². The largest absolute Gasteiger partial charge is 0.481 e. The van der Waals surface area contributed by atoms with Crippen molar-refractivity contribution in [2.24, 2.45) is 0 Å². The Morgan fingerprint density at radius 2 is 2.13 bits per heavy atom. The topological polar surface area (TPSA) is 22.1 Å². The quantitative estimate of drug-likeness (QED) is 0.743. The highest BCUT2D eigenvalue weighted by atomic mass is 35.5. The van der Waals surface area contributed by atoms with Crippen LogP contribution in [0.1, 0.15) is 5.69 Å². The summed E-state index contributed by atoms with van der Waals surface area (Å²) in [4.78, 5) is 4.14. The molecule has 2 rings (SSSR count). The number of methoxy groups -OCH3 is 1. The number of aryl methyl sites for hydroxylation is 1. The van der Waals surface area contributed by atoms with Crippen LogP contribution in [0.2, 0.25) is 5.02 Å². The third-order valence-corrected chi connectivity index (χ3v) is 2.71. The molecule has 0 aliphatic rings. The van der Waals surface area contributed by atoms with Gasteiger partial charge in [-0.25, -0.2) is 9.37 Å². The zero-order valence-corrected chi connectivity index (χ0v) is 9.10. The Morgan fingerprint density at radius 1 is 1.40 bits per heavy atom. The maximum Gasteiger partial charge on any atom is 0.221 e. The number of nitrogens with zero attached hydrogens (tertiary/aromatic N) is 1. The van der Waals surface area contributed by atoms with E-state index in [1.54, 1.807) is 19.1 Å². The molecule has 0 radical (unpaired) electrons. The summed E-state index contributed by atoms with van der Waals surface area (Å²) in [5, 5.41) is 1.29. The molecule has 0 bridgehead atoms. The lowest BCUT2D eigenvalue weighted by atomic mass is 10.1. The highest BCUT2D eigenvalue weighted by molar-refractivity contribution is 6.36. The second-order valence-electron chi connectivity index (χ2n) is 3.18. The third-order valence-electron chi connectivity index (χ3n) is 2.24. The van der Waals surface area contributed by atoms with Gasteiger partial charge in [0.05, 0.1) is 17.8 Å². The molecule has 0 amide bonds. The third kappa shape index (κ3) is 1.53. The van der Waals surface area contributed by atoms with Crippen molar-refractivity contribution >= 4 is 22.4 Å². The van der Waals surface area contributed by atoms with E-state index in [1.807, 2.05) is 0 Å². The predicted octanol–water partition coefficient (Wildman–Crippen LogP) is 3.34. The van der Waals surface area contributed by atoms with Crippen molar-refractivity contribution in [2.45, 2.75) is 6.92 Å². The van der Waals surface area contributed by atoms with Crippen molar-refractivity contribution in [3.8, 4) is 5.88 Å². The summed E-state index contributed by atoms with van der Waals surface area (Å²) < 4.78 is 18.7. The monoisotopic (exact) mass is 225 g/mol. The number of hydrogen-bond acceptors (Lipinski definition) is 2. The van der Waals surface area contributed by atoms with Gasteiger partial charge in [-0.15, -0.1) is 0 Å². The van der Waals surface area contributed by atoms with Crippen molar-refractivity contribution in [3.63, 3.8) is 0 Å². The molecule has 2 aromatic rings. The number of pyridine rings is 1. The molecule has 1 aromatic heterocycles. The summed E-state index contributed by atoms with van der Waals surface area (Å²) in [7, 11) is 1.50. The van der Waals surface area contributed by atoms with Gasteiger partial charge in [0, 0.05) is 10.8 Å². The first-order chi connectivity index (χ1) is 7.15. The molecular weight excluding hydrogens is 217 g/mol. The first-order valence-electron chi connectivity index (χ1n) is 4.43. The average Bonchev–Trinajstić information content (AvgIpc) is 2.23. The van der Waals surface area contributed by atoms with Gasteiger partial charge in [-0.2, -0.15) is 0 Å². The van der Waals surface area contributed by atoms with Gasteiger partial charge in [0.1, 0.15) is 5.82 Å². The molecule has 0 aliphatic heterocycles. The summed E-state index contributed by atoms with van der Waals surface area (Å²) in [6.45, 7) is 1.72. The Morgan fingerprint density at radius 3 is 2.80 bits per heavy atom. The second kappa shape index (κ2) is 3.66. The smallest absolute Gasteiger partial charge is 0.221 e. The lowest BCUT2D eigenvalue weighted by Crippen LogP contribution is -1.94. The van der Waals surface area contributed by atoms with Crippen LogP contribution in [-0.4, -0.2) is 12.1 Å². The first-order valence-corrected chi connectivity index (χ1v) is 4.81. The molecule has 1 aromatic carbocycles. The number of ether oxygens (including phenoxy) is 1. The number of hydrogen-bond donors (Lipinski definition) is 0. The molecular formula is C11H9ClFNO. The SMILES string of the molecule is COc1nc(C)c(Cl)c2c(F)cccc12. The number of rotatable bonds is 1. The van der Waals surface area contributed by atoms with E-state index in [-0.39, 0.29) is 5.82 Å². The van der Waals surface area contributed by atoms with Crippen LogP contribution in [0.25, 0.3) is 10.8 Å². The minimum absolute atomic E-state index is 0.337. The van der Waals surface area contributed by atoms with Gasteiger partial charge in [0.2, 0.25) is 5.88 Å². The predicted molar refractivity (Wildman–Crippen MR) is 58.0 cm³/mol. The van der Waals surface area contributed by atoms with E-state index in [0.29, 0.717) is 27.4 Å². The van der Waals surface area contributed by atoms with Crippen LogP contribution < -0.4 is 4.74 Å². The highest BCUT2D eigenvalue weighted by Gasteiger charge is 2.13. The average molecular weight is 226 g/mol. The molecule has 4 heteroatoms. The van der Waals surface area contributed by atoms with E-state index in [4.69, 9.17) is 16.3 Å². The summed E-state index contributed by atoms with van der Waals surface area (Å²) in [6.07, 6.45) is 0. The van der Waals surface area contributed by atoms with E-state index in [2.05, 4.69) is 4.98 Å². The molecule has 2 nitrogen and oxygen atoms in total. The van der Waals surface area contributed by atoms with E-state index in [0.717, 1.165) is 0 Å². The zero-order chi connectivity index (χ0) is 11.0. The van der Waals surface area contributed by atoms with Crippen LogP contribution in [0.3, 0.4) is 0 Å². The van der Waals surface area contributed by atoms with Crippen LogP contribution in [0.4, 0.5) is 4.39 Å². The number of halogens is 2. The Balaban J connectivity index is 2.96. The maximum atomic E-state index is 13.6. The summed E-state index contributed by atoms with van der Waals surface area (Å²) in [5.41, 5.74) is 0.561. The van der Waals surface area contributed by atoms with Gasteiger partial charge in [-0.05, 0) is 19.1 Å². The Hall–Kier alpha value is -1.35. The van der Waals surface area contributed by atoms with Gasteiger partial charge in [0.15, 0.2) is 0 Å². The van der Waals surface area contributed by atoms with Gasteiger partial charge >= 0.3 is 0 Å². The van der Waals surface area contributed by atoms with Crippen LogP contribution in [0.15, 0.2) is 18.2 Å². The Labute approximate surface area is 91.6 Å². The van der Waals surface area contributed by atoms with Crippen molar-refractivity contribution in [3.05, 3.63) is 34.7 Å². The molecule has 0 saturated heterocycles. The Kier molecular flexibility index (Phi) is 2.49. The number of benzene rings is 1. The standard InChI is InChI=1S/C11H9ClFNO/c1-6-10(12)9-7(11(14-6)15-2)4-3-5-8(9)13/h3-5H,1-2H3. The van der Waals surface area contributed by atoms with Gasteiger partial charge < -0.3 is 4.74 Å². The fourth-order valence-corrected chi connectivity index (χ4v) is 1.76. The Bertz CT molecular complexity index is 527. The van der Waals surface area contributed by atoms with E-state index < -0.39 is 0 Å². The normalized spacial score (nSPS) is 10.7. The molecule has 0 saturated carbocycles. The molecule has 0 unspecified atom stereocenters. The van der Waals surface area contributed by atoms with E-state index in [9.17, 15) is 4.39 Å². The van der Waals surface area contributed by atoms with Crippen LogP contribution in [-0.2, 0) is 0 Å². The lowest BCUT2D eigenvalue weighted by molar-refractivity contribution is 0.402. The van der Waals surface area contributed by atoms with Gasteiger partial charge in [-0.1, -0.05) is 17.7 Å². The molecule has 78 valence electrons. The van der Waals surface area contributed by atoms with Crippen LogP contribution in [0, 0.1) is 12.7 Å². The van der Waals surface area contributed by atoms with Crippen LogP contribution in [0.5, 0.6) is 5.88 Å². The summed E-state index contributed by atoms with van der Waals surface area (Å²) >= 11 is 6.00. The molecule has 0 spiro atoms. The molecule has 0 fully saturated rings. The first kappa shape index (κ1) is 10.2. The van der Waals surface area contributed by atoms with Crippen molar-refractivity contribution in [1.82, 2.24) is 4.98 Å². The molecule has 1 heterocycles.